The van der Waals surface area contributed by atoms with Gasteiger partial charge in [-0.3, -0.25) is 9.52 Å². The van der Waals surface area contributed by atoms with Crippen LogP contribution in [0.5, 0.6) is 0 Å². The molecule has 0 aromatic heterocycles. The highest BCUT2D eigenvalue weighted by atomic mass is 35.5. The number of sulfonamides is 2. The highest BCUT2D eigenvalue weighted by Gasteiger charge is 2.34. The molecule has 3 aromatic carbocycles. The molecule has 1 fully saturated rings. The molecule has 3 aromatic rings. The first-order valence-corrected chi connectivity index (χ1v) is 15.6. The number of hydrogen-bond donors (Lipinski definition) is 2. The van der Waals surface area contributed by atoms with Crippen LogP contribution in [0, 0.1) is 11.7 Å². The monoisotopic (exact) mass is 633 g/mol. The topological polar surface area (TPSA) is 113 Å². The minimum absolute atomic E-state index is 0.0623. The molecule has 0 saturated carbocycles. The zero-order valence-electron chi connectivity index (χ0n) is 21.2. The first-order chi connectivity index (χ1) is 19.2. The fourth-order valence-electron chi connectivity index (χ4n) is 4.28. The van der Waals surface area contributed by atoms with E-state index in [1.165, 1.54) is 46.8 Å². The van der Waals surface area contributed by atoms with Crippen molar-refractivity contribution in [3.63, 3.8) is 0 Å². The van der Waals surface area contributed by atoms with Crippen LogP contribution in [0.25, 0.3) is 0 Å². The van der Waals surface area contributed by atoms with Gasteiger partial charge in [0.1, 0.15) is 5.82 Å². The number of alkyl halides is 3. The lowest BCUT2D eigenvalue weighted by Crippen LogP contribution is -2.42. The zero-order chi connectivity index (χ0) is 30.0. The van der Waals surface area contributed by atoms with Crippen LogP contribution in [0.4, 0.5) is 28.9 Å². The van der Waals surface area contributed by atoms with Gasteiger partial charge in [0.25, 0.3) is 10.0 Å². The summed E-state index contributed by atoms with van der Waals surface area (Å²) in [5, 5.41) is 2.09. The molecule has 0 spiro atoms. The van der Waals surface area contributed by atoms with E-state index >= 15 is 0 Å². The van der Waals surface area contributed by atoms with Crippen molar-refractivity contribution in [2.75, 3.05) is 23.1 Å². The lowest BCUT2D eigenvalue weighted by Gasteiger charge is -2.30. The van der Waals surface area contributed by atoms with Gasteiger partial charge < -0.3 is 5.32 Å². The Bertz CT molecular complexity index is 1640. The van der Waals surface area contributed by atoms with Gasteiger partial charge in [-0.1, -0.05) is 29.8 Å². The maximum absolute atomic E-state index is 13.9. The van der Waals surface area contributed by atoms with Crippen molar-refractivity contribution in [3.05, 3.63) is 88.7 Å². The van der Waals surface area contributed by atoms with E-state index < -0.39 is 54.3 Å². The van der Waals surface area contributed by atoms with Gasteiger partial charge in [-0.25, -0.2) is 25.5 Å². The predicted octanol–water partition coefficient (Wildman–Crippen LogP) is 5.48. The Kier molecular flexibility index (Phi) is 8.97. The van der Waals surface area contributed by atoms with Gasteiger partial charge in [-0.15, -0.1) is 0 Å². The number of nitrogens with zero attached hydrogens (tertiary/aromatic N) is 1. The average Bonchev–Trinajstić information content (AvgIpc) is 2.90. The van der Waals surface area contributed by atoms with E-state index in [2.05, 4.69) is 10.0 Å². The molecule has 1 aliphatic rings. The van der Waals surface area contributed by atoms with Gasteiger partial charge in [0.15, 0.2) is 0 Å². The maximum Gasteiger partial charge on any atom is 0.417 e. The number of nitrogens with one attached hydrogen (secondary N) is 2. The SMILES string of the molecule is O=C(Nc1ccc(S(=O)(=O)Nc2ccc(Cl)c(C(F)(F)F)c2)cc1)C1CCN(S(=O)(=O)Cc2ccccc2F)CC1. The smallest absolute Gasteiger partial charge is 0.326 e. The number of rotatable bonds is 8. The van der Waals surface area contributed by atoms with Crippen LogP contribution in [0.1, 0.15) is 24.0 Å². The van der Waals surface area contributed by atoms with E-state index in [-0.39, 0.29) is 53.7 Å². The number of benzene rings is 3. The van der Waals surface area contributed by atoms with Crippen molar-refractivity contribution >= 4 is 48.9 Å². The standard InChI is InChI=1S/C26H24ClF4N3O5S2/c27-23-10-7-20(15-22(23)26(29,30)31)33-41(38,39)21-8-5-19(6-9-21)32-25(35)17-11-13-34(14-12-17)40(36,37)16-18-3-1-2-4-24(18)28/h1-10,15,17,33H,11-14,16H2,(H,32,35). The largest absolute Gasteiger partial charge is 0.417 e. The van der Waals surface area contributed by atoms with Crippen LogP contribution >= 0.6 is 11.6 Å². The van der Waals surface area contributed by atoms with Crippen molar-refractivity contribution < 1.29 is 39.2 Å². The second-order valence-corrected chi connectivity index (χ2v) is 13.4. The molecule has 0 radical (unpaired) electrons. The van der Waals surface area contributed by atoms with Gasteiger partial charge in [-0.2, -0.15) is 13.2 Å². The molecule has 4 rings (SSSR count). The summed E-state index contributed by atoms with van der Waals surface area (Å²) in [6, 6.07) is 13.2. The number of anilines is 2. The number of hydrogen-bond acceptors (Lipinski definition) is 5. The van der Waals surface area contributed by atoms with Crippen LogP contribution in [0.15, 0.2) is 71.6 Å². The Morgan fingerprint density at radius 1 is 0.927 bits per heavy atom. The molecule has 0 bridgehead atoms. The third kappa shape index (κ3) is 7.56. The van der Waals surface area contributed by atoms with Gasteiger partial charge >= 0.3 is 6.18 Å². The van der Waals surface area contributed by atoms with E-state index in [0.29, 0.717) is 6.07 Å². The Hall–Kier alpha value is -3.20. The van der Waals surface area contributed by atoms with Crippen LogP contribution in [-0.2, 0) is 36.8 Å². The summed E-state index contributed by atoms with van der Waals surface area (Å²) in [7, 11) is -8.04. The van der Waals surface area contributed by atoms with Crippen LogP contribution in [-0.4, -0.2) is 40.1 Å². The zero-order valence-corrected chi connectivity index (χ0v) is 23.5. The van der Waals surface area contributed by atoms with E-state index in [1.54, 1.807) is 6.07 Å². The molecule has 41 heavy (non-hydrogen) atoms. The predicted molar refractivity (Wildman–Crippen MR) is 146 cm³/mol. The molecule has 8 nitrogen and oxygen atoms in total. The highest BCUT2D eigenvalue weighted by molar-refractivity contribution is 7.92. The lowest BCUT2D eigenvalue weighted by molar-refractivity contribution is -0.137. The van der Waals surface area contributed by atoms with Crippen LogP contribution < -0.4 is 10.0 Å². The summed E-state index contributed by atoms with van der Waals surface area (Å²) in [4.78, 5) is 12.5. The minimum atomic E-state index is -4.77. The number of halogens is 5. The van der Waals surface area contributed by atoms with Crippen molar-refractivity contribution in [3.8, 4) is 0 Å². The van der Waals surface area contributed by atoms with Gasteiger partial charge in [0.2, 0.25) is 15.9 Å². The Balaban J connectivity index is 1.34. The summed E-state index contributed by atoms with van der Waals surface area (Å²) in [5.41, 5.74) is -1.19. The second-order valence-electron chi connectivity index (χ2n) is 9.33. The average molecular weight is 634 g/mol. The van der Waals surface area contributed by atoms with Gasteiger partial charge in [0, 0.05) is 35.9 Å². The number of piperidine rings is 1. The fourth-order valence-corrected chi connectivity index (χ4v) is 7.13. The summed E-state index contributed by atoms with van der Waals surface area (Å²) < 4.78 is 107. The Morgan fingerprint density at radius 2 is 1.54 bits per heavy atom. The first kappa shape index (κ1) is 30.8. The minimum Gasteiger partial charge on any atom is -0.326 e. The fraction of sp³-hybridized carbons (Fsp3) is 0.269. The summed E-state index contributed by atoms with van der Waals surface area (Å²) in [5.74, 6) is -1.98. The van der Waals surface area contributed by atoms with Crippen molar-refractivity contribution in [2.45, 2.75) is 29.7 Å². The maximum atomic E-state index is 13.9. The van der Waals surface area contributed by atoms with E-state index in [4.69, 9.17) is 11.6 Å². The molecule has 0 atom stereocenters. The third-order valence-corrected chi connectivity index (χ3v) is 10.0. The van der Waals surface area contributed by atoms with Crippen molar-refractivity contribution in [2.24, 2.45) is 5.92 Å². The van der Waals surface area contributed by atoms with E-state index in [9.17, 15) is 39.2 Å². The molecule has 1 heterocycles. The first-order valence-electron chi connectivity index (χ1n) is 12.2. The number of amides is 1. The van der Waals surface area contributed by atoms with Gasteiger partial charge in [-0.05, 0) is 61.4 Å². The molecule has 0 unspecified atom stereocenters. The second kappa shape index (κ2) is 12.0. The Morgan fingerprint density at radius 3 is 2.15 bits per heavy atom. The van der Waals surface area contributed by atoms with Crippen LogP contribution in [0.2, 0.25) is 5.02 Å². The molecule has 220 valence electrons. The summed E-state index contributed by atoms with van der Waals surface area (Å²) in [6.45, 7) is 0.164. The number of carbonyl (C=O) groups is 1. The van der Waals surface area contributed by atoms with Crippen LogP contribution in [0.3, 0.4) is 0 Å². The lowest BCUT2D eigenvalue weighted by atomic mass is 9.97. The Labute approximate surface area is 239 Å². The quantitative estimate of drug-likeness (QED) is 0.319. The molecule has 1 saturated heterocycles. The summed E-state index contributed by atoms with van der Waals surface area (Å²) in [6.07, 6.45) is -4.30. The van der Waals surface area contributed by atoms with Crippen molar-refractivity contribution in [1.29, 1.82) is 0 Å². The molecule has 15 heteroatoms. The number of carbonyl (C=O) groups excluding carboxylic acids is 1. The third-order valence-electron chi connectivity index (χ3n) is 6.47. The van der Waals surface area contributed by atoms with Gasteiger partial charge in [0.05, 0.1) is 21.2 Å². The molecule has 0 aliphatic carbocycles. The van der Waals surface area contributed by atoms with E-state index in [1.807, 2.05) is 0 Å². The molecular weight excluding hydrogens is 610 g/mol. The van der Waals surface area contributed by atoms with E-state index in [0.717, 1.165) is 12.1 Å². The van der Waals surface area contributed by atoms with Crippen molar-refractivity contribution in [1.82, 2.24) is 4.31 Å². The normalized spacial score (nSPS) is 15.4. The highest BCUT2D eigenvalue weighted by Crippen LogP contribution is 2.36. The molecular formula is C26H24ClF4N3O5S2. The molecule has 2 N–H and O–H groups in total. The molecule has 1 amide bonds. The summed E-state index contributed by atoms with van der Waals surface area (Å²) >= 11 is 5.57. The molecule has 1 aliphatic heterocycles.